The lowest BCUT2D eigenvalue weighted by Crippen LogP contribution is -2.02. The second-order valence-corrected chi connectivity index (χ2v) is 3.43. The molecule has 8 nitrogen and oxygen atoms in total. The summed E-state index contributed by atoms with van der Waals surface area (Å²) in [5.74, 6) is -0.0579. The van der Waals surface area contributed by atoms with E-state index in [2.05, 4.69) is 15.0 Å². The molecule has 0 aliphatic carbocycles. The smallest absolute Gasteiger partial charge is 0.329 e. The van der Waals surface area contributed by atoms with E-state index in [0.29, 0.717) is 0 Å². The van der Waals surface area contributed by atoms with Crippen LogP contribution in [-0.4, -0.2) is 19.9 Å². The van der Waals surface area contributed by atoms with Gasteiger partial charge in [-0.15, -0.1) is 0 Å². The Morgan fingerprint density at radius 1 is 1.44 bits per heavy atom. The van der Waals surface area contributed by atoms with Crippen LogP contribution in [0.3, 0.4) is 0 Å². The Morgan fingerprint density at radius 2 is 2.22 bits per heavy atom. The van der Waals surface area contributed by atoms with Crippen LogP contribution < -0.4 is 10.5 Å². The summed E-state index contributed by atoms with van der Waals surface area (Å²) < 4.78 is 5.21. The lowest BCUT2D eigenvalue weighted by molar-refractivity contribution is -0.384. The van der Waals surface area contributed by atoms with E-state index in [0.717, 1.165) is 6.20 Å². The first-order valence-corrected chi connectivity index (χ1v) is 5.01. The Balaban J connectivity index is 2.29. The number of rotatable bonds is 3. The largest absolute Gasteiger partial charge is 0.421 e. The highest BCUT2D eigenvalue weighted by Crippen LogP contribution is 2.26. The number of nitrogen functional groups attached to an aromatic ring is 1. The van der Waals surface area contributed by atoms with Gasteiger partial charge in [0, 0.05) is 6.20 Å². The van der Waals surface area contributed by atoms with E-state index >= 15 is 0 Å². The molecule has 0 saturated carbocycles. The van der Waals surface area contributed by atoms with Crippen molar-refractivity contribution >= 4 is 23.1 Å². The first-order chi connectivity index (χ1) is 8.58. The zero-order chi connectivity index (χ0) is 13.1. The summed E-state index contributed by atoms with van der Waals surface area (Å²) in [5.41, 5.74) is 5.00. The molecule has 2 heterocycles. The third kappa shape index (κ3) is 2.43. The third-order valence-electron chi connectivity index (χ3n) is 1.90. The Morgan fingerprint density at radius 3 is 2.83 bits per heavy atom. The monoisotopic (exact) mass is 267 g/mol. The van der Waals surface area contributed by atoms with Gasteiger partial charge >= 0.3 is 11.7 Å². The Bertz CT molecular complexity index is 607. The molecule has 2 N–H and O–H groups in total. The van der Waals surface area contributed by atoms with Crippen molar-refractivity contribution in [2.75, 3.05) is 5.73 Å². The van der Waals surface area contributed by atoms with Gasteiger partial charge in [-0.05, 0) is 12.1 Å². The molecular formula is C9H6ClN5O3. The van der Waals surface area contributed by atoms with Crippen LogP contribution in [0.15, 0.2) is 24.5 Å². The van der Waals surface area contributed by atoms with E-state index in [-0.39, 0.29) is 28.4 Å². The van der Waals surface area contributed by atoms with Gasteiger partial charge in [0.25, 0.3) is 0 Å². The Hall–Kier alpha value is -2.48. The summed E-state index contributed by atoms with van der Waals surface area (Å²) in [7, 11) is 0. The Labute approximate surface area is 106 Å². The number of hydrogen-bond acceptors (Lipinski definition) is 7. The quantitative estimate of drug-likeness (QED) is 0.512. The summed E-state index contributed by atoms with van der Waals surface area (Å²) in [6, 6.07) is 3.01. The second-order valence-electron chi connectivity index (χ2n) is 3.07. The Kier molecular flexibility index (Phi) is 3.20. The number of aromatic nitrogens is 3. The van der Waals surface area contributed by atoms with Gasteiger partial charge in [-0.3, -0.25) is 10.1 Å². The topological polar surface area (TPSA) is 117 Å². The van der Waals surface area contributed by atoms with Crippen LogP contribution in [0.5, 0.6) is 11.8 Å². The molecule has 2 aromatic heterocycles. The maximum atomic E-state index is 10.5. The number of nitrogens with two attached hydrogens (primary N) is 1. The zero-order valence-electron chi connectivity index (χ0n) is 8.78. The highest BCUT2D eigenvalue weighted by molar-refractivity contribution is 6.30. The van der Waals surface area contributed by atoms with Crippen molar-refractivity contribution in [3.8, 4) is 11.8 Å². The molecule has 0 aliphatic heterocycles. The second kappa shape index (κ2) is 4.80. The standard InChI is InChI=1S/C9H6ClN5O3/c10-7-6(2-1-3-12-7)18-9-13-4-5(15(16)17)8(11)14-9/h1-4H,(H2,11,13,14). The van der Waals surface area contributed by atoms with E-state index in [4.69, 9.17) is 22.1 Å². The van der Waals surface area contributed by atoms with Crippen molar-refractivity contribution in [2.24, 2.45) is 0 Å². The molecular weight excluding hydrogens is 262 g/mol. The molecule has 2 aromatic rings. The fraction of sp³-hybridized carbons (Fsp3) is 0. The van der Waals surface area contributed by atoms with Crippen molar-refractivity contribution in [1.82, 2.24) is 15.0 Å². The molecule has 0 amide bonds. The normalized spacial score (nSPS) is 10.1. The molecule has 2 rings (SSSR count). The van der Waals surface area contributed by atoms with E-state index in [1.165, 1.54) is 6.20 Å². The van der Waals surface area contributed by atoms with Gasteiger partial charge in [-0.1, -0.05) is 11.6 Å². The molecule has 0 spiro atoms. The third-order valence-corrected chi connectivity index (χ3v) is 2.18. The van der Waals surface area contributed by atoms with E-state index in [9.17, 15) is 10.1 Å². The fourth-order valence-corrected chi connectivity index (χ4v) is 1.27. The average Bonchev–Trinajstić information content (AvgIpc) is 2.32. The van der Waals surface area contributed by atoms with Crippen LogP contribution >= 0.6 is 11.6 Å². The van der Waals surface area contributed by atoms with Crippen molar-refractivity contribution in [1.29, 1.82) is 0 Å². The summed E-state index contributed by atoms with van der Waals surface area (Å²) in [4.78, 5) is 20.9. The number of nitro groups is 1. The molecule has 9 heteroatoms. The van der Waals surface area contributed by atoms with Gasteiger partial charge in [0.1, 0.15) is 6.20 Å². The first-order valence-electron chi connectivity index (χ1n) is 4.63. The molecule has 0 unspecified atom stereocenters. The highest BCUT2D eigenvalue weighted by atomic mass is 35.5. The SMILES string of the molecule is Nc1nc(Oc2cccnc2Cl)ncc1[N+](=O)[O-]. The predicted octanol–water partition coefficient (Wildman–Crippen LogP) is 1.81. The zero-order valence-corrected chi connectivity index (χ0v) is 9.53. The fourth-order valence-electron chi connectivity index (χ4n) is 1.11. The van der Waals surface area contributed by atoms with E-state index in [1.807, 2.05) is 0 Å². The summed E-state index contributed by atoms with van der Waals surface area (Å²) in [5, 5.41) is 10.6. The maximum Gasteiger partial charge on any atom is 0.329 e. The number of hydrogen-bond donors (Lipinski definition) is 1. The molecule has 0 aromatic carbocycles. The van der Waals surface area contributed by atoms with Crippen LogP contribution in [0, 0.1) is 10.1 Å². The minimum atomic E-state index is -0.684. The van der Waals surface area contributed by atoms with Crippen LogP contribution in [0.1, 0.15) is 0 Å². The molecule has 0 bridgehead atoms. The van der Waals surface area contributed by atoms with Gasteiger partial charge < -0.3 is 10.5 Å². The maximum absolute atomic E-state index is 10.5. The van der Waals surface area contributed by atoms with Gasteiger partial charge in [-0.25, -0.2) is 4.98 Å². The molecule has 0 aliphatic rings. The number of halogens is 1. The highest BCUT2D eigenvalue weighted by Gasteiger charge is 2.15. The summed E-state index contributed by atoms with van der Waals surface area (Å²) >= 11 is 5.76. The number of ether oxygens (including phenoxy) is 1. The predicted molar refractivity (Wildman–Crippen MR) is 62.4 cm³/mol. The van der Waals surface area contributed by atoms with Crippen molar-refractivity contribution in [3.05, 3.63) is 39.8 Å². The summed E-state index contributed by atoms with van der Waals surface area (Å²) in [6.45, 7) is 0. The molecule has 92 valence electrons. The molecule has 0 fully saturated rings. The number of nitrogens with zero attached hydrogens (tertiary/aromatic N) is 4. The first kappa shape index (κ1) is 12.0. The van der Waals surface area contributed by atoms with Crippen LogP contribution in [0.25, 0.3) is 0 Å². The van der Waals surface area contributed by atoms with Gasteiger partial charge in [0.2, 0.25) is 5.82 Å². The average molecular weight is 268 g/mol. The van der Waals surface area contributed by atoms with Gasteiger partial charge in [0.05, 0.1) is 4.92 Å². The number of pyridine rings is 1. The van der Waals surface area contributed by atoms with Crippen LogP contribution in [0.4, 0.5) is 11.5 Å². The summed E-state index contributed by atoms with van der Waals surface area (Å²) in [6.07, 6.45) is 2.45. The lowest BCUT2D eigenvalue weighted by Gasteiger charge is -2.04. The molecule has 0 radical (unpaired) electrons. The molecule has 0 saturated heterocycles. The van der Waals surface area contributed by atoms with Gasteiger partial charge in [0.15, 0.2) is 10.9 Å². The lowest BCUT2D eigenvalue weighted by atomic mass is 10.5. The molecule has 0 atom stereocenters. The van der Waals surface area contributed by atoms with Gasteiger partial charge in [-0.2, -0.15) is 9.97 Å². The van der Waals surface area contributed by atoms with Crippen LogP contribution in [-0.2, 0) is 0 Å². The minimum Gasteiger partial charge on any atom is -0.421 e. The van der Waals surface area contributed by atoms with Crippen molar-refractivity contribution < 1.29 is 9.66 Å². The minimum absolute atomic E-state index is 0.123. The number of anilines is 1. The van der Waals surface area contributed by atoms with Crippen molar-refractivity contribution in [2.45, 2.75) is 0 Å². The van der Waals surface area contributed by atoms with E-state index in [1.54, 1.807) is 12.1 Å². The van der Waals surface area contributed by atoms with E-state index < -0.39 is 4.92 Å². The van der Waals surface area contributed by atoms with Crippen molar-refractivity contribution in [3.63, 3.8) is 0 Å². The molecule has 18 heavy (non-hydrogen) atoms. The van der Waals surface area contributed by atoms with Crippen LogP contribution in [0.2, 0.25) is 5.15 Å².